The van der Waals surface area contributed by atoms with Crippen LogP contribution >= 0.6 is 0 Å². The maximum absolute atomic E-state index is 10.5. The lowest BCUT2D eigenvalue weighted by atomic mass is 10.1. The van der Waals surface area contributed by atoms with Crippen LogP contribution in [0.2, 0.25) is 0 Å². The van der Waals surface area contributed by atoms with E-state index in [0.29, 0.717) is 18.9 Å². The molecule has 1 rings (SSSR count). The molecule has 0 aliphatic rings. The van der Waals surface area contributed by atoms with Crippen molar-refractivity contribution in [3.8, 4) is 5.75 Å². The second-order valence-electron chi connectivity index (χ2n) is 4.32. The molecule has 0 amide bonds. The van der Waals surface area contributed by atoms with Crippen LogP contribution in [0.1, 0.15) is 31.5 Å². The molecule has 1 aromatic heterocycles. The third-order valence-electron chi connectivity index (χ3n) is 2.43. The number of carbonyl (C=O) groups is 1. The van der Waals surface area contributed by atoms with E-state index in [1.165, 1.54) is 0 Å². The van der Waals surface area contributed by atoms with E-state index in [4.69, 9.17) is 4.74 Å². The largest absolute Gasteiger partial charge is 0.492 e. The fraction of sp³-hybridized carbons (Fsp3) is 0.538. The maximum atomic E-state index is 10.5. The highest BCUT2D eigenvalue weighted by molar-refractivity contribution is 5.56. The maximum Gasteiger partial charge on any atom is 0.137 e. The van der Waals surface area contributed by atoms with Gasteiger partial charge in [0.1, 0.15) is 12.0 Å². The van der Waals surface area contributed by atoms with Gasteiger partial charge in [-0.05, 0) is 30.9 Å². The minimum atomic E-state index is 0.403. The zero-order valence-electron chi connectivity index (χ0n) is 10.2. The summed E-state index contributed by atoms with van der Waals surface area (Å²) in [6.45, 7) is 6.92. The molecule has 3 heteroatoms. The van der Waals surface area contributed by atoms with Gasteiger partial charge >= 0.3 is 0 Å². The molecule has 0 aliphatic heterocycles. The number of hydrogen-bond acceptors (Lipinski definition) is 3. The van der Waals surface area contributed by atoms with Gasteiger partial charge in [0.05, 0.1) is 12.8 Å². The third-order valence-corrected chi connectivity index (χ3v) is 2.43. The van der Waals surface area contributed by atoms with Gasteiger partial charge in [-0.1, -0.05) is 13.8 Å². The summed E-state index contributed by atoms with van der Waals surface area (Å²) in [5.41, 5.74) is 1.83. The summed E-state index contributed by atoms with van der Waals surface area (Å²) in [5, 5.41) is 0. The molecule has 0 unspecified atom stereocenters. The Balaban J connectivity index is 2.60. The van der Waals surface area contributed by atoms with Gasteiger partial charge in [0.15, 0.2) is 0 Å². The van der Waals surface area contributed by atoms with Crippen LogP contribution in [0.25, 0.3) is 0 Å². The van der Waals surface area contributed by atoms with Crippen LogP contribution in [-0.2, 0) is 11.2 Å². The van der Waals surface area contributed by atoms with Crippen molar-refractivity contribution in [2.45, 2.75) is 33.6 Å². The molecular formula is C13H19NO2. The highest BCUT2D eigenvalue weighted by Gasteiger charge is 2.02. The molecule has 0 saturated heterocycles. The Hall–Kier alpha value is -1.38. The molecule has 0 fully saturated rings. The molecular weight excluding hydrogens is 202 g/mol. The molecule has 88 valence electrons. The van der Waals surface area contributed by atoms with Crippen LogP contribution in [0.15, 0.2) is 12.3 Å². The average molecular weight is 221 g/mol. The molecule has 0 N–H and O–H groups in total. The molecule has 16 heavy (non-hydrogen) atoms. The fourth-order valence-electron chi connectivity index (χ4n) is 1.34. The van der Waals surface area contributed by atoms with Crippen LogP contribution in [0, 0.1) is 12.8 Å². The van der Waals surface area contributed by atoms with Gasteiger partial charge in [0.25, 0.3) is 0 Å². The van der Waals surface area contributed by atoms with E-state index < -0.39 is 0 Å². The van der Waals surface area contributed by atoms with E-state index in [9.17, 15) is 4.79 Å². The molecule has 0 spiro atoms. The Bertz CT molecular complexity index is 348. The van der Waals surface area contributed by atoms with Crippen LogP contribution < -0.4 is 4.74 Å². The van der Waals surface area contributed by atoms with E-state index in [1.54, 1.807) is 6.20 Å². The number of rotatable bonds is 6. The highest BCUT2D eigenvalue weighted by atomic mass is 16.5. The number of aldehydes is 1. The van der Waals surface area contributed by atoms with E-state index in [1.807, 2.05) is 13.0 Å². The van der Waals surface area contributed by atoms with Crippen molar-refractivity contribution >= 4 is 6.29 Å². The normalized spacial score (nSPS) is 10.5. The van der Waals surface area contributed by atoms with Crippen molar-refractivity contribution in [2.24, 2.45) is 5.92 Å². The third kappa shape index (κ3) is 4.01. The van der Waals surface area contributed by atoms with Crippen molar-refractivity contribution in [2.75, 3.05) is 6.61 Å². The number of ether oxygens (including phenoxy) is 1. The minimum Gasteiger partial charge on any atom is -0.492 e. The Morgan fingerprint density at radius 1 is 1.50 bits per heavy atom. The lowest BCUT2D eigenvalue weighted by molar-refractivity contribution is -0.107. The summed E-state index contributed by atoms with van der Waals surface area (Å²) in [6, 6.07) is 1.90. The topological polar surface area (TPSA) is 39.2 Å². The number of hydrogen-bond donors (Lipinski definition) is 0. The number of aryl methyl sites for hydroxylation is 1. The zero-order valence-corrected chi connectivity index (χ0v) is 10.2. The molecule has 1 heterocycles. The van der Waals surface area contributed by atoms with E-state index in [0.717, 1.165) is 29.7 Å². The molecule has 1 aromatic rings. The summed E-state index contributed by atoms with van der Waals surface area (Å²) < 4.78 is 5.58. The van der Waals surface area contributed by atoms with Crippen molar-refractivity contribution in [1.29, 1.82) is 0 Å². The summed E-state index contributed by atoms with van der Waals surface area (Å²) in [4.78, 5) is 14.7. The predicted octanol–water partition coefficient (Wildman–Crippen LogP) is 2.56. The number of nitrogens with zero attached hydrogens (tertiary/aromatic N) is 1. The summed E-state index contributed by atoms with van der Waals surface area (Å²) in [7, 11) is 0. The molecule has 3 nitrogen and oxygen atoms in total. The van der Waals surface area contributed by atoms with E-state index >= 15 is 0 Å². The SMILES string of the molecule is Cc1ncc(OCCC(C)C)cc1CC=O. The molecule has 0 atom stereocenters. The number of pyridine rings is 1. The molecule has 0 aliphatic carbocycles. The first-order chi connectivity index (χ1) is 7.63. The van der Waals surface area contributed by atoms with Crippen molar-refractivity contribution in [1.82, 2.24) is 4.98 Å². The Labute approximate surface area is 96.8 Å². The van der Waals surface area contributed by atoms with Crippen LogP contribution in [0.5, 0.6) is 5.75 Å². The van der Waals surface area contributed by atoms with Gasteiger partial charge < -0.3 is 9.53 Å². The average Bonchev–Trinajstić information content (AvgIpc) is 2.22. The highest BCUT2D eigenvalue weighted by Crippen LogP contribution is 2.15. The minimum absolute atomic E-state index is 0.403. The van der Waals surface area contributed by atoms with Crippen molar-refractivity contribution < 1.29 is 9.53 Å². The Morgan fingerprint density at radius 3 is 2.88 bits per heavy atom. The molecule has 0 aromatic carbocycles. The quantitative estimate of drug-likeness (QED) is 0.693. The van der Waals surface area contributed by atoms with E-state index in [2.05, 4.69) is 18.8 Å². The first-order valence-electron chi connectivity index (χ1n) is 5.65. The van der Waals surface area contributed by atoms with Gasteiger partial charge in [-0.15, -0.1) is 0 Å². The number of aromatic nitrogens is 1. The summed E-state index contributed by atoms with van der Waals surface area (Å²) in [5.74, 6) is 1.39. The Kier molecular flexibility index (Phi) is 4.96. The van der Waals surface area contributed by atoms with Gasteiger partial charge in [-0.25, -0.2) is 0 Å². The predicted molar refractivity (Wildman–Crippen MR) is 63.7 cm³/mol. The second kappa shape index (κ2) is 6.26. The number of carbonyl (C=O) groups excluding carboxylic acids is 1. The Morgan fingerprint density at radius 2 is 2.25 bits per heavy atom. The summed E-state index contributed by atoms with van der Waals surface area (Å²) in [6.07, 6.45) is 4.03. The fourth-order valence-corrected chi connectivity index (χ4v) is 1.34. The molecule has 0 radical (unpaired) electrons. The van der Waals surface area contributed by atoms with Crippen molar-refractivity contribution in [3.05, 3.63) is 23.5 Å². The lowest BCUT2D eigenvalue weighted by Crippen LogP contribution is -2.03. The zero-order chi connectivity index (χ0) is 12.0. The van der Waals surface area contributed by atoms with Crippen LogP contribution in [0.4, 0.5) is 0 Å². The van der Waals surface area contributed by atoms with Gasteiger partial charge in [0.2, 0.25) is 0 Å². The lowest BCUT2D eigenvalue weighted by Gasteiger charge is -2.09. The van der Waals surface area contributed by atoms with Crippen molar-refractivity contribution in [3.63, 3.8) is 0 Å². The van der Waals surface area contributed by atoms with Crippen LogP contribution in [-0.4, -0.2) is 17.9 Å². The first kappa shape index (κ1) is 12.7. The summed E-state index contributed by atoms with van der Waals surface area (Å²) >= 11 is 0. The van der Waals surface area contributed by atoms with Gasteiger partial charge in [0, 0.05) is 12.1 Å². The monoisotopic (exact) mass is 221 g/mol. The second-order valence-corrected chi connectivity index (χ2v) is 4.32. The smallest absolute Gasteiger partial charge is 0.137 e. The molecule has 0 saturated carbocycles. The van der Waals surface area contributed by atoms with Gasteiger partial charge in [-0.3, -0.25) is 4.98 Å². The van der Waals surface area contributed by atoms with E-state index in [-0.39, 0.29) is 0 Å². The first-order valence-corrected chi connectivity index (χ1v) is 5.65. The molecule has 0 bridgehead atoms. The standard InChI is InChI=1S/C13H19NO2/c1-10(2)5-7-16-13-8-12(4-6-15)11(3)14-9-13/h6,8-10H,4-5,7H2,1-3H3. The van der Waals surface area contributed by atoms with Gasteiger partial charge in [-0.2, -0.15) is 0 Å². The van der Waals surface area contributed by atoms with Crippen LogP contribution in [0.3, 0.4) is 0 Å².